The Hall–Kier alpha value is -0.210. The van der Waals surface area contributed by atoms with Gasteiger partial charge in [0.1, 0.15) is 5.75 Å². The van der Waals surface area contributed by atoms with Crippen LogP contribution in [0.4, 0.5) is 0 Å². The van der Waals surface area contributed by atoms with Gasteiger partial charge in [0.25, 0.3) is 0 Å². The van der Waals surface area contributed by atoms with Crippen molar-refractivity contribution >= 4 is 27.5 Å². The van der Waals surface area contributed by atoms with E-state index in [1.165, 1.54) is 0 Å². The molecule has 0 aliphatic heterocycles. The lowest BCUT2D eigenvalue weighted by molar-refractivity contribution is 0.203. The van der Waals surface area contributed by atoms with Crippen molar-refractivity contribution in [1.82, 2.24) is 0 Å². The Balaban J connectivity index is 2.66. The van der Waals surface area contributed by atoms with Crippen molar-refractivity contribution < 1.29 is 4.74 Å². The molecule has 0 spiro atoms. The molecule has 0 saturated carbocycles. The van der Waals surface area contributed by atoms with E-state index in [1.807, 2.05) is 25.1 Å². The summed E-state index contributed by atoms with van der Waals surface area (Å²) in [5.41, 5.74) is 1.26. The number of hydrogen-bond acceptors (Lipinski definition) is 1. The van der Waals surface area contributed by atoms with Crippen molar-refractivity contribution in [2.24, 2.45) is 5.41 Å². The standard InChI is InChI=1S/C12H16BrClO/c1-9-4-5-11(10(14)6-9)15-8-12(2,3)7-13/h4-6H,7-8H2,1-3H3. The molecule has 0 unspecified atom stereocenters. The average Bonchev–Trinajstić information content (AvgIpc) is 2.16. The lowest BCUT2D eigenvalue weighted by Crippen LogP contribution is -2.22. The van der Waals surface area contributed by atoms with Gasteiger partial charge < -0.3 is 4.74 Å². The largest absolute Gasteiger partial charge is 0.491 e. The normalized spacial score (nSPS) is 11.5. The maximum Gasteiger partial charge on any atom is 0.137 e. The van der Waals surface area contributed by atoms with Gasteiger partial charge in [-0.05, 0) is 24.6 Å². The summed E-state index contributed by atoms with van der Waals surface area (Å²) in [7, 11) is 0. The van der Waals surface area contributed by atoms with Crippen molar-refractivity contribution in [2.45, 2.75) is 20.8 Å². The zero-order valence-electron chi connectivity index (χ0n) is 9.31. The van der Waals surface area contributed by atoms with E-state index in [0.717, 1.165) is 16.6 Å². The minimum atomic E-state index is 0.119. The Morgan fingerprint density at radius 2 is 2.07 bits per heavy atom. The fraction of sp³-hybridized carbons (Fsp3) is 0.500. The fourth-order valence-electron chi connectivity index (χ4n) is 1.03. The molecule has 0 aromatic heterocycles. The van der Waals surface area contributed by atoms with E-state index < -0.39 is 0 Å². The molecule has 1 rings (SSSR count). The highest BCUT2D eigenvalue weighted by atomic mass is 79.9. The number of rotatable bonds is 4. The Kier molecular flexibility index (Phi) is 4.47. The Morgan fingerprint density at radius 3 is 2.60 bits per heavy atom. The first-order valence-corrected chi connectivity index (χ1v) is 6.39. The fourth-order valence-corrected chi connectivity index (χ4v) is 1.49. The van der Waals surface area contributed by atoms with Crippen LogP contribution >= 0.6 is 27.5 Å². The summed E-state index contributed by atoms with van der Waals surface area (Å²) in [5.74, 6) is 0.760. The molecular weight excluding hydrogens is 275 g/mol. The Morgan fingerprint density at radius 1 is 1.40 bits per heavy atom. The van der Waals surface area contributed by atoms with Crippen LogP contribution in [-0.4, -0.2) is 11.9 Å². The molecule has 0 bridgehead atoms. The van der Waals surface area contributed by atoms with Gasteiger partial charge >= 0.3 is 0 Å². The van der Waals surface area contributed by atoms with Crippen LogP contribution in [0.5, 0.6) is 5.75 Å². The zero-order chi connectivity index (χ0) is 11.5. The summed E-state index contributed by atoms with van der Waals surface area (Å²) in [4.78, 5) is 0. The second kappa shape index (κ2) is 5.22. The van der Waals surface area contributed by atoms with Gasteiger partial charge in [-0.2, -0.15) is 0 Å². The third-order valence-electron chi connectivity index (χ3n) is 2.07. The number of alkyl halides is 1. The highest BCUT2D eigenvalue weighted by Gasteiger charge is 2.17. The minimum Gasteiger partial charge on any atom is -0.491 e. The molecule has 0 radical (unpaired) electrons. The van der Waals surface area contributed by atoms with Crippen molar-refractivity contribution in [1.29, 1.82) is 0 Å². The summed E-state index contributed by atoms with van der Waals surface area (Å²) in [6, 6.07) is 5.84. The van der Waals surface area contributed by atoms with Gasteiger partial charge in [0.05, 0.1) is 11.6 Å². The molecule has 84 valence electrons. The van der Waals surface area contributed by atoms with E-state index >= 15 is 0 Å². The highest BCUT2D eigenvalue weighted by molar-refractivity contribution is 9.09. The minimum absolute atomic E-state index is 0.119. The second-order valence-corrected chi connectivity index (χ2v) is 5.49. The Bertz CT molecular complexity index is 336. The van der Waals surface area contributed by atoms with Crippen molar-refractivity contribution in [2.75, 3.05) is 11.9 Å². The van der Waals surface area contributed by atoms with Crippen LogP contribution in [0, 0.1) is 12.3 Å². The lowest BCUT2D eigenvalue weighted by atomic mass is 9.98. The van der Waals surface area contributed by atoms with E-state index in [-0.39, 0.29) is 5.41 Å². The maximum absolute atomic E-state index is 6.06. The first-order chi connectivity index (χ1) is 6.94. The summed E-state index contributed by atoms with van der Waals surface area (Å²) >= 11 is 9.53. The van der Waals surface area contributed by atoms with Crippen LogP contribution in [-0.2, 0) is 0 Å². The number of aryl methyl sites for hydroxylation is 1. The molecule has 0 N–H and O–H groups in total. The van der Waals surface area contributed by atoms with E-state index in [1.54, 1.807) is 0 Å². The summed E-state index contributed by atoms with van der Waals surface area (Å²) in [6.45, 7) is 6.95. The molecule has 1 nitrogen and oxygen atoms in total. The molecule has 0 heterocycles. The first-order valence-electron chi connectivity index (χ1n) is 4.89. The van der Waals surface area contributed by atoms with Crippen molar-refractivity contribution in [3.05, 3.63) is 28.8 Å². The SMILES string of the molecule is Cc1ccc(OCC(C)(C)CBr)c(Cl)c1. The predicted molar refractivity (Wildman–Crippen MR) is 69.3 cm³/mol. The van der Waals surface area contributed by atoms with E-state index in [9.17, 15) is 0 Å². The average molecular weight is 292 g/mol. The van der Waals surface area contributed by atoms with E-state index in [0.29, 0.717) is 11.6 Å². The monoisotopic (exact) mass is 290 g/mol. The Labute approximate surface area is 105 Å². The van der Waals surface area contributed by atoms with Gasteiger partial charge in [-0.1, -0.05) is 47.4 Å². The molecule has 15 heavy (non-hydrogen) atoms. The number of benzene rings is 1. The van der Waals surface area contributed by atoms with Crippen LogP contribution in [0.2, 0.25) is 5.02 Å². The predicted octanol–water partition coefficient (Wildman–Crippen LogP) is 4.45. The molecule has 0 amide bonds. The summed E-state index contributed by atoms with van der Waals surface area (Å²) in [5, 5.41) is 1.59. The third-order valence-corrected chi connectivity index (χ3v) is 3.88. The van der Waals surface area contributed by atoms with Crippen LogP contribution in [0.15, 0.2) is 18.2 Å². The lowest BCUT2D eigenvalue weighted by Gasteiger charge is -2.22. The van der Waals surface area contributed by atoms with Gasteiger partial charge in [0, 0.05) is 10.7 Å². The number of ether oxygens (including phenoxy) is 1. The summed E-state index contributed by atoms with van der Waals surface area (Å²) in [6.07, 6.45) is 0. The quantitative estimate of drug-likeness (QED) is 0.745. The van der Waals surface area contributed by atoms with Gasteiger partial charge in [-0.15, -0.1) is 0 Å². The van der Waals surface area contributed by atoms with Gasteiger partial charge in [0.15, 0.2) is 0 Å². The van der Waals surface area contributed by atoms with E-state index in [4.69, 9.17) is 16.3 Å². The van der Waals surface area contributed by atoms with Crippen LogP contribution < -0.4 is 4.74 Å². The van der Waals surface area contributed by atoms with Crippen LogP contribution in [0.25, 0.3) is 0 Å². The molecule has 0 aliphatic rings. The first kappa shape index (κ1) is 12.9. The zero-order valence-corrected chi connectivity index (χ0v) is 11.7. The van der Waals surface area contributed by atoms with Gasteiger partial charge in [-0.25, -0.2) is 0 Å². The summed E-state index contributed by atoms with van der Waals surface area (Å²) < 4.78 is 5.69. The molecular formula is C12H16BrClO. The van der Waals surface area contributed by atoms with Gasteiger partial charge in [0.2, 0.25) is 0 Å². The second-order valence-electron chi connectivity index (χ2n) is 4.52. The van der Waals surface area contributed by atoms with Gasteiger partial charge in [-0.3, -0.25) is 0 Å². The van der Waals surface area contributed by atoms with Crippen molar-refractivity contribution in [3.63, 3.8) is 0 Å². The molecule has 1 aromatic carbocycles. The van der Waals surface area contributed by atoms with E-state index in [2.05, 4.69) is 29.8 Å². The topological polar surface area (TPSA) is 9.23 Å². The van der Waals surface area contributed by atoms with Crippen LogP contribution in [0.3, 0.4) is 0 Å². The molecule has 0 atom stereocenters. The van der Waals surface area contributed by atoms with Crippen molar-refractivity contribution in [3.8, 4) is 5.75 Å². The number of halogens is 2. The third kappa shape index (κ3) is 4.04. The molecule has 1 aromatic rings. The molecule has 0 fully saturated rings. The number of hydrogen-bond donors (Lipinski definition) is 0. The highest BCUT2D eigenvalue weighted by Crippen LogP contribution is 2.27. The maximum atomic E-state index is 6.06. The smallest absolute Gasteiger partial charge is 0.137 e. The molecule has 3 heteroatoms. The molecule has 0 saturated heterocycles. The van der Waals surface area contributed by atoms with Crippen LogP contribution in [0.1, 0.15) is 19.4 Å². The molecule has 0 aliphatic carbocycles.